The van der Waals surface area contributed by atoms with E-state index in [4.69, 9.17) is 17.3 Å². The summed E-state index contributed by atoms with van der Waals surface area (Å²) in [6.45, 7) is 0. The Balaban J connectivity index is 0.00000208. The first-order valence-electron chi connectivity index (χ1n) is 8.19. The molecule has 2 saturated carbocycles. The number of amides is 2. The second-order valence-electron chi connectivity index (χ2n) is 6.61. The Morgan fingerprint density at radius 1 is 1.17 bits per heavy atom. The molecule has 2 amide bonds. The highest BCUT2D eigenvalue weighted by atomic mass is 35.5. The minimum absolute atomic E-state index is 0. The zero-order valence-corrected chi connectivity index (χ0v) is 15.0. The summed E-state index contributed by atoms with van der Waals surface area (Å²) in [5.74, 6) is -0.387. The molecule has 0 unspecified atom stereocenters. The number of anilines is 1. The van der Waals surface area contributed by atoms with Gasteiger partial charge in [0.1, 0.15) is 0 Å². The van der Waals surface area contributed by atoms with E-state index >= 15 is 0 Å². The van der Waals surface area contributed by atoms with Gasteiger partial charge in [0.2, 0.25) is 5.91 Å². The molecule has 5 nitrogen and oxygen atoms in total. The minimum Gasteiger partial charge on any atom is -0.349 e. The highest BCUT2D eigenvalue weighted by Gasteiger charge is 2.35. The maximum absolute atomic E-state index is 12.5. The number of nitrogens with one attached hydrogen (secondary N) is 2. The fourth-order valence-electron chi connectivity index (χ4n) is 2.93. The Labute approximate surface area is 153 Å². The monoisotopic (exact) mass is 371 g/mol. The van der Waals surface area contributed by atoms with Crippen LogP contribution in [0.25, 0.3) is 0 Å². The molecule has 3 rings (SSSR count). The normalized spacial score (nSPS) is 19.1. The van der Waals surface area contributed by atoms with E-state index < -0.39 is 5.54 Å². The standard InChI is InChI=1S/C17H22ClN3O2.ClH/c18-14-7-6-12(10-13(14)15(22)20-11-4-5-11)21-16(23)17(19)8-2-1-3-9-17;/h6-7,10-11H,1-5,8-9,19H2,(H,20,22)(H,21,23);1H. The van der Waals surface area contributed by atoms with Gasteiger partial charge in [-0.3, -0.25) is 9.59 Å². The van der Waals surface area contributed by atoms with Crippen LogP contribution in [0, 0.1) is 0 Å². The predicted molar refractivity (Wildman–Crippen MR) is 97.8 cm³/mol. The van der Waals surface area contributed by atoms with Crippen molar-refractivity contribution in [1.29, 1.82) is 0 Å². The molecule has 0 atom stereocenters. The molecule has 0 aromatic heterocycles. The maximum atomic E-state index is 12.5. The van der Waals surface area contributed by atoms with Crippen molar-refractivity contribution >= 4 is 41.5 Å². The van der Waals surface area contributed by atoms with Gasteiger partial charge in [-0.05, 0) is 43.9 Å². The average Bonchev–Trinajstić information content (AvgIpc) is 3.33. The number of halogens is 2. The van der Waals surface area contributed by atoms with Crippen molar-refractivity contribution < 1.29 is 9.59 Å². The van der Waals surface area contributed by atoms with Crippen LogP contribution in [0.1, 0.15) is 55.3 Å². The van der Waals surface area contributed by atoms with Crippen molar-refractivity contribution in [2.24, 2.45) is 5.73 Å². The Kier molecular flexibility index (Phi) is 6.12. The van der Waals surface area contributed by atoms with Crippen LogP contribution in [-0.4, -0.2) is 23.4 Å². The third kappa shape index (κ3) is 4.41. The molecule has 7 heteroatoms. The van der Waals surface area contributed by atoms with Crippen molar-refractivity contribution in [3.05, 3.63) is 28.8 Å². The molecule has 24 heavy (non-hydrogen) atoms. The van der Waals surface area contributed by atoms with E-state index in [-0.39, 0.29) is 30.3 Å². The fourth-order valence-corrected chi connectivity index (χ4v) is 3.14. The number of hydrogen-bond donors (Lipinski definition) is 3. The van der Waals surface area contributed by atoms with Crippen LogP contribution in [0.3, 0.4) is 0 Å². The Morgan fingerprint density at radius 3 is 2.46 bits per heavy atom. The molecular weight excluding hydrogens is 349 g/mol. The molecule has 0 heterocycles. The number of carbonyl (C=O) groups excluding carboxylic acids is 2. The van der Waals surface area contributed by atoms with Gasteiger partial charge < -0.3 is 16.4 Å². The third-order valence-electron chi connectivity index (χ3n) is 4.58. The quantitative estimate of drug-likeness (QED) is 0.759. The van der Waals surface area contributed by atoms with E-state index in [0.717, 1.165) is 32.1 Å². The largest absolute Gasteiger partial charge is 0.349 e. The van der Waals surface area contributed by atoms with Gasteiger partial charge in [0.05, 0.1) is 16.1 Å². The van der Waals surface area contributed by atoms with Crippen LogP contribution in [0.5, 0.6) is 0 Å². The first kappa shape index (κ1) is 19.0. The second kappa shape index (κ2) is 7.72. The molecule has 0 radical (unpaired) electrons. The third-order valence-corrected chi connectivity index (χ3v) is 4.91. The lowest BCUT2D eigenvalue weighted by molar-refractivity contribution is -0.122. The summed E-state index contributed by atoms with van der Waals surface area (Å²) in [6.07, 6.45) is 6.48. The van der Waals surface area contributed by atoms with Crippen LogP contribution in [0.4, 0.5) is 5.69 Å². The number of rotatable bonds is 4. The van der Waals surface area contributed by atoms with Gasteiger partial charge in [-0.25, -0.2) is 0 Å². The van der Waals surface area contributed by atoms with E-state index in [9.17, 15) is 9.59 Å². The van der Waals surface area contributed by atoms with Gasteiger partial charge in [0.25, 0.3) is 5.91 Å². The molecule has 0 saturated heterocycles. The first-order chi connectivity index (χ1) is 11.0. The Bertz CT molecular complexity index is 626. The van der Waals surface area contributed by atoms with Gasteiger partial charge in [0.15, 0.2) is 0 Å². The van der Waals surface area contributed by atoms with Crippen molar-refractivity contribution in [2.75, 3.05) is 5.32 Å². The van der Waals surface area contributed by atoms with E-state index in [0.29, 0.717) is 29.1 Å². The van der Waals surface area contributed by atoms with Crippen molar-refractivity contribution in [3.8, 4) is 0 Å². The second-order valence-corrected chi connectivity index (χ2v) is 7.02. The SMILES string of the molecule is Cl.NC1(C(=O)Nc2ccc(Cl)c(C(=O)NC3CC3)c2)CCCCC1. The number of nitrogens with two attached hydrogens (primary N) is 1. The summed E-state index contributed by atoms with van der Waals surface area (Å²) in [5, 5.41) is 6.12. The predicted octanol–water partition coefficient (Wildman–Crippen LogP) is 3.25. The minimum atomic E-state index is -0.811. The van der Waals surface area contributed by atoms with Crippen molar-refractivity contribution in [2.45, 2.75) is 56.5 Å². The van der Waals surface area contributed by atoms with Gasteiger partial charge in [-0.2, -0.15) is 0 Å². The summed E-state index contributed by atoms with van der Waals surface area (Å²) in [7, 11) is 0. The summed E-state index contributed by atoms with van der Waals surface area (Å²) >= 11 is 6.11. The lowest BCUT2D eigenvalue weighted by Crippen LogP contribution is -2.52. The topological polar surface area (TPSA) is 84.2 Å². The molecule has 4 N–H and O–H groups in total. The van der Waals surface area contributed by atoms with Crippen molar-refractivity contribution in [1.82, 2.24) is 5.32 Å². The summed E-state index contributed by atoms with van der Waals surface area (Å²) < 4.78 is 0. The van der Waals surface area contributed by atoms with Crippen LogP contribution in [-0.2, 0) is 4.79 Å². The molecule has 0 bridgehead atoms. The maximum Gasteiger partial charge on any atom is 0.253 e. The van der Waals surface area contributed by atoms with Gasteiger partial charge in [0, 0.05) is 11.7 Å². The molecule has 1 aromatic rings. The molecule has 1 aromatic carbocycles. The highest BCUT2D eigenvalue weighted by Crippen LogP contribution is 2.28. The zero-order valence-electron chi connectivity index (χ0n) is 13.4. The molecular formula is C17H23Cl2N3O2. The number of benzene rings is 1. The lowest BCUT2D eigenvalue weighted by Gasteiger charge is -2.31. The smallest absolute Gasteiger partial charge is 0.253 e. The van der Waals surface area contributed by atoms with Gasteiger partial charge in [-0.1, -0.05) is 30.9 Å². The number of hydrogen-bond acceptors (Lipinski definition) is 3. The van der Waals surface area contributed by atoms with Crippen molar-refractivity contribution in [3.63, 3.8) is 0 Å². The molecule has 0 aliphatic heterocycles. The zero-order chi connectivity index (χ0) is 16.4. The van der Waals surface area contributed by atoms with Gasteiger partial charge >= 0.3 is 0 Å². The van der Waals surface area contributed by atoms with Crippen LogP contribution >= 0.6 is 24.0 Å². The van der Waals surface area contributed by atoms with E-state index in [2.05, 4.69) is 10.6 Å². The van der Waals surface area contributed by atoms with E-state index in [1.807, 2.05) is 0 Å². The average molecular weight is 372 g/mol. The first-order valence-corrected chi connectivity index (χ1v) is 8.56. The summed E-state index contributed by atoms with van der Waals surface area (Å²) in [6, 6.07) is 5.19. The molecule has 132 valence electrons. The summed E-state index contributed by atoms with van der Waals surface area (Å²) in [5.41, 5.74) is 6.36. The van der Waals surface area contributed by atoms with Gasteiger partial charge in [-0.15, -0.1) is 12.4 Å². The van der Waals surface area contributed by atoms with Crippen LogP contribution < -0.4 is 16.4 Å². The van der Waals surface area contributed by atoms with Crippen LogP contribution in [0.15, 0.2) is 18.2 Å². The van der Waals surface area contributed by atoms with E-state index in [1.165, 1.54) is 0 Å². The molecule has 2 aliphatic carbocycles. The lowest BCUT2D eigenvalue weighted by atomic mass is 9.82. The molecule has 0 spiro atoms. The molecule has 2 aliphatic rings. The van der Waals surface area contributed by atoms with Crippen LogP contribution in [0.2, 0.25) is 5.02 Å². The Hall–Kier alpha value is -1.30. The summed E-state index contributed by atoms with van der Waals surface area (Å²) in [4.78, 5) is 24.7. The van der Waals surface area contributed by atoms with E-state index in [1.54, 1.807) is 18.2 Å². The number of carbonyl (C=O) groups is 2. The fraction of sp³-hybridized carbons (Fsp3) is 0.529. The molecule has 2 fully saturated rings. The Morgan fingerprint density at radius 2 is 1.83 bits per heavy atom. The highest BCUT2D eigenvalue weighted by molar-refractivity contribution is 6.34.